The number of phosphoric ester groups is 2. The van der Waals surface area contributed by atoms with Gasteiger partial charge in [0.05, 0.1) is 26.4 Å². The number of carbonyl (C=O) groups is 4. The minimum absolute atomic E-state index is 0.107. The first-order valence-corrected chi connectivity index (χ1v) is 41.8. The van der Waals surface area contributed by atoms with E-state index in [9.17, 15) is 43.2 Å². The van der Waals surface area contributed by atoms with Gasteiger partial charge in [-0.1, -0.05) is 342 Å². The molecule has 0 aromatic heterocycles. The standard InChI is InChI=1S/C74H144O17P2/c1-5-9-13-17-21-25-29-31-33-34-35-36-37-39-41-45-49-53-57-61-74(79)91-70(65-85-72(77)59-55-51-47-44-40-38-32-30-26-22-18-14-10-6-2)67-89-93(82,83)87-63-68(75)62-86-92(80,81)88-66-69(90-73(78)60-56-52-48-43-28-24-20-16-12-8-4)64-84-71(76)58-54-50-46-42-27-23-19-15-11-7-3/h68-70,75H,5-67H2,1-4H3,(H,80,81)(H,82,83)/t68-,69+,70+/m0/s1. The summed E-state index contributed by atoms with van der Waals surface area (Å²) >= 11 is 0. The molecule has 0 radical (unpaired) electrons. The number of rotatable bonds is 75. The fourth-order valence-corrected chi connectivity index (χ4v) is 13.0. The highest BCUT2D eigenvalue weighted by molar-refractivity contribution is 7.47. The first-order chi connectivity index (χ1) is 45.2. The van der Waals surface area contributed by atoms with E-state index in [2.05, 4.69) is 27.7 Å². The highest BCUT2D eigenvalue weighted by Gasteiger charge is 2.30. The quantitative estimate of drug-likeness (QED) is 0.0222. The van der Waals surface area contributed by atoms with Crippen molar-refractivity contribution in [2.75, 3.05) is 39.6 Å². The molecule has 0 rings (SSSR count). The molecule has 0 fully saturated rings. The summed E-state index contributed by atoms with van der Waals surface area (Å²) in [5, 5.41) is 10.6. The molecule has 0 bridgehead atoms. The lowest BCUT2D eigenvalue weighted by molar-refractivity contribution is -0.161. The number of ether oxygens (including phenoxy) is 4. The second kappa shape index (κ2) is 68.6. The molecule has 0 aliphatic rings. The molecule has 0 aliphatic carbocycles. The average Bonchev–Trinajstić information content (AvgIpc) is 3.55. The van der Waals surface area contributed by atoms with E-state index in [1.165, 1.54) is 225 Å². The van der Waals surface area contributed by atoms with E-state index in [4.69, 9.17) is 37.0 Å². The molecule has 19 heteroatoms. The third kappa shape index (κ3) is 68.4. The molecule has 0 saturated carbocycles. The van der Waals surface area contributed by atoms with Crippen molar-refractivity contribution in [3.63, 3.8) is 0 Å². The molecule has 0 heterocycles. The molecule has 2 unspecified atom stereocenters. The molecule has 93 heavy (non-hydrogen) atoms. The SMILES string of the molecule is CCCCCCCCCCCCCCCCCCCCCC(=O)O[C@H](COC(=O)CCCCCCCCCCCCCCCC)COP(=O)(O)OC[C@@H](O)COP(=O)(O)OC[C@@H](COC(=O)CCCCCCCCCCCC)OC(=O)CCCCCCCCCCCC. The highest BCUT2D eigenvalue weighted by Crippen LogP contribution is 2.45. The van der Waals surface area contributed by atoms with E-state index in [0.717, 1.165) is 89.9 Å². The fraction of sp³-hybridized carbons (Fsp3) is 0.946. The maximum atomic E-state index is 13.1. The van der Waals surface area contributed by atoms with E-state index in [-0.39, 0.29) is 25.7 Å². The van der Waals surface area contributed by atoms with Gasteiger partial charge in [-0.25, -0.2) is 9.13 Å². The molecule has 552 valence electrons. The van der Waals surface area contributed by atoms with Crippen LogP contribution in [0.2, 0.25) is 0 Å². The highest BCUT2D eigenvalue weighted by atomic mass is 31.2. The number of aliphatic hydroxyl groups excluding tert-OH is 1. The van der Waals surface area contributed by atoms with Crippen molar-refractivity contribution in [1.82, 2.24) is 0 Å². The van der Waals surface area contributed by atoms with Gasteiger partial charge in [-0.2, -0.15) is 0 Å². The predicted octanol–water partition coefficient (Wildman–Crippen LogP) is 21.8. The second-order valence-electron chi connectivity index (χ2n) is 26.7. The van der Waals surface area contributed by atoms with Crippen molar-refractivity contribution in [1.29, 1.82) is 0 Å². The minimum atomic E-state index is -4.95. The van der Waals surface area contributed by atoms with Crippen LogP contribution in [-0.2, 0) is 65.4 Å². The van der Waals surface area contributed by atoms with E-state index >= 15 is 0 Å². The lowest BCUT2D eigenvalue weighted by atomic mass is 10.0. The van der Waals surface area contributed by atoms with Gasteiger partial charge < -0.3 is 33.8 Å². The van der Waals surface area contributed by atoms with Crippen LogP contribution in [0.15, 0.2) is 0 Å². The zero-order valence-electron chi connectivity index (χ0n) is 60.2. The Morgan fingerprint density at radius 2 is 0.430 bits per heavy atom. The Morgan fingerprint density at radius 1 is 0.258 bits per heavy atom. The molecular formula is C74H144O17P2. The van der Waals surface area contributed by atoms with Crippen LogP contribution in [0.25, 0.3) is 0 Å². The number of aliphatic hydroxyl groups is 1. The number of hydrogen-bond acceptors (Lipinski definition) is 15. The maximum Gasteiger partial charge on any atom is 0.472 e. The topological polar surface area (TPSA) is 237 Å². The smallest absolute Gasteiger partial charge is 0.462 e. The lowest BCUT2D eigenvalue weighted by Crippen LogP contribution is -2.30. The van der Waals surface area contributed by atoms with Gasteiger partial charge in [-0.05, 0) is 25.7 Å². The van der Waals surface area contributed by atoms with Crippen LogP contribution < -0.4 is 0 Å². The Morgan fingerprint density at radius 3 is 0.634 bits per heavy atom. The van der Waals surface area contributed by atoms with Crippen LogP contribution in [0, 0.1) is 0 Å². The summed E-state index contributed by atoms with van der Waals surface area (Å²) in [5.74, 6) is -2.11. The molecule has 0 aromatic rings. The Labute approximate surface area is 568 Å². The summed E-state index contributed by atoms with van der Waals surface area (Å²) in [4.78, 5) is 72.6. The summed E-state index contributed by atoms with van der Waals surface area (Å²) < 4.78 is 68.4. The molecule has 0 amide bonds. The van der Waals surface area contributed by atoms with Crippen LogP contribution in [0.4, 0.5) is 0 Å². The Bertz CT molecular complexity index is 1770. The molecule has 0 aliphatic heterocycles. The normalized spacial score (nSPS) is 13.9. The summed E-state index contributed by atoms with van der Waals surface area (Å²) in [6.45, 7) is 4.96. The Kier molecular flexibility index (Phi) is 67.1. The largest absolute Gasteiger partial charge is 0.472 e. The van der Waals surface area contributed by atoms with Gasteiger partial charge in [0.1, 0.15) is 19.3 Å². The van der Waals surface area contributed by atoms with Gasteiger partial charge in [0.15, 0.2) is 12.2 Å². The van der Waals surface area contributed by atoms with Crippen LogP contribution >= 0.6 is 15.6 Å². The van der Waals surface area contributed by atoms with Gasteiger partial charge in [0.25, 0.3) is 0 Å². The molecule has 0 saturated heterocycles. The van der Waals surface area contributed by atoms with E-state index in [1.54, 1.807) is 0 Å². The molecule has 0 aromatic carbocycles. The number of unbranched alkanes of at least 4 members (excludes halogenated alkanes) is 49. The second-order valence-corrected chi connectivity index (χ2v) is 29.6. The van der Waals surface area contributed by atoms with Gasteiger partial charge in [-0.15, -0.1) is 0 Å². The zero-order chi connectivity index (χ0) is 68.2. The van der Waals surface area contributed by atoms with Gasteiger partial charge in [-0.3, -0.25) is 37.3 Å². The molecule has 0 spiro atoms. The molecule has 17 nitrogen and oxygen atoms in total. The van der Waals surface area contributed by atoms with Gasteiger partial charge >= 0.3 is 39.5 Å². The minimum Gasteiger partial charge on any atom is -0.462 e. The number of phosphoric acid groups is 2. The first kappa shape index (κ1) is 91.1. The summed E-state index contributed by atoms with van der Waals surface area (Å²) in [5.41, 5.74) is 0. The Hall–Kier alpha value is -1.94. The van der Waals surface area contributed by atoms with E-state index in [0.29, 0.717) is 25.7 Å². The van der Waals surface area contributed by atoms with Crippen molar-refractivity contribution in [3.8, 4) is 0 Å². The number of hydrogen-bond donors (Lipinski definition) is 3. The molecule has 5 atom stereocenters. The van der Waals surface area contributed by atoms with Crippen LogP contribution in [-0.4, -0.2) is 96.7 Å². The molecular weight excluding hydrogens is 1220 g/mol. The maximum absolute atomic E-state index is 13.1. The predicted molar refractivity (Wildman–Crippen MR) is 377 cm³/mol. The van der Waals surface area contributed by atoms with Crippen molar-refractivity contribution < 1.29 is 80.2 Å². The fourth-order valence-electron chi connectivity index (χ4n) is 11.4. The van der Waals surface area contributed by atoms with Crippen molar-refractivity contribution in [3.05, 3.63) is 0 Å². The third-order valence-corrected chi connectivity index (χ3v) is 19.3. The Balaban J connectivity index is 5.20. The summed E-state index contributed by atoms with van der Waals surface area (Å²) in [6, 6.07) is 0. The number of esters is 4. The number of carbonyl (C=O) groups excluding carboxylic acids is 4. The van der Waals surface area contributed by atoms with Crippen molar-refractivity contribution in [2.24, 2.45) is 0 Å². The van der Waals surface area contributed by atoms with Crippen molar-refractivity contribution >= 4 is 39.5 Å². The average molecular weight is 1370 g/mol. The van der Waals surface area contributed by atoms with E-state index < -0.39 is 97.5 Å². The van der Waals surface area contributed by atoms with Crippen molar-refractivity contribution in [2.45, 2.75) is 412 Å². The summed E-state index contributed by atoms with van der Waals surface area (Å²) in [7, 11) is -9.90. The molecule has 3 N–H and O–H groups in total. The van der Waals surface area contributed by atoms with Gasteiger partial charge in [0.2, 0.25) is 0 Å². The lowest BCUT2D eigenvalue weighted by Gasteiger charge is -2.21. The summed E-state index contributed by atoms with van der Waals surface area (Å²) in [6.07, 6.45) is 58.2. The monoisotopic (exact) mass is 1370 g/mol. The van der Waals surface area contributed by atoms with Crippen LogP contribution in [0.1, 0.15) is 394 Å². The first-order valence-electron chi connectivity index (χ1n) is 38.8. The van der Waals surface area contributed by atoms with Crippen LogP contribution in [0.3, 0.4) is 0 Å². The van der Waals surface area contributed by atoms with E-state index in [1.807, 2.05) is 0 Å². The third-order valence-electron chi connectivity index (χ3n) is 17.4. The zero-order valence-corrected chi connectivity index (χ0v) is 62.0. The van der Waals surface area contributed by atoms with Crippen LogP contribution in [0.5, 0.6) is 0 Å². The van der Waals surface area contributed by atoms with Gasteiger partial charge in [0, 0.05) is 25.7 Å².